The molecule has 39 heavy (non-hydrogen) atoms. The molecule has 210 valence electrons. The molecule has 0 radical (unpaired) electrons. The second-order valence-electron chi connectivity index (χ2n) is 10.7. The van der Waals surface area contributed by atoms with Crippen LogP contribution in [-0.2, 0) is 21.2 Å². The van der Waals surface area contributed by atoms with Crippen LogP contribution in [0.1, 0.15) is 50.7 Å². The van der Waals surface area contributed by atoms with Gasteiger partial charge in [-0.3, -0.25) is 9.78 Å². The number of sulfonamides is 1. The van der Waals surface area contributed by atoms with Gasteiger partial charge in [0.15, 0.2) is 0 Å². The molecule has 1 aliphatic heterocycles. The Morgan fingerprint density at radius 3 is 2.72 bits per heavy atom. The van der Waals surface area contributed by atoms with Gasteiger partial charge in [-0.1, -0.05) is 24.8 Å². The van der Waals surface area contributed by atoms with Gasteiger partial charge in [-0.25, -0.2) is 8.42 Å². The summed E-state index contributed by atoms with van der Waals surface area (Å²) in [6, 6.07) is 7.63. The lowest BCUT2D eigenvalue weighted by atomic mass is 10.0. The van der Waals surface area contributed by atoms with E-state index in [4.69, 9.17) is 4.74 Å². The molecular formula is C29H37N3O6S. The van der Waals surface area contributed by atoms with Gasteiger partial charge in [0.05, 0.1) is 19.6 Å². The van der Waals surface area contributed by atoms with Gasteiger partial charge in [0.1, 0.15) is 22.4 Å². The van der Waals surface area contributed by atoms with Crippen LogP contribution in [0.25, 0.3) is 0 Å². The van der Waals surface area contributed by atoms with Crippen LogP contribution < -0.4 is 4.74 Å². The summed E-state index contributed by atoms with van der Waals surface area (Å²) in [6.45, 7) is 3.55. The molecule has 1 aromatic heterocycles. The monoisotopic (exact) mass is 555 g/mol. The predicted octanol–water partition coefficient (Wildman–Crippen LogP) is 2.21. The van der Waals surface area contributed by atoms with Gasteiger partial charge >= 0.3 is 0 Å². The molecular weight excluding hydrogens is 518 g/mol. The van der Waals surface area contributed by atoms with E-state index in [2.05, 4.69) is 16.8 Å². The van der Waals surface area contributed by atoms with Gasteiger partial charge in [0.2, 0.25) is 15.9 Å². The van der Waals surface area contributed by atoms with Crippen LogP contribution in [0.3, 0.4) is 0 Å². The van der Waals surface area contributed by atoms with E-state index in [1.54, 1.807) is 49.5 Å². The van der Waals surface area contributed by atoms with Gasteiger partial charge in [-0.05, 0) is 62.4 Å². The fourth-order valence-corrected chi connectivity index (χ4v) is 6.80. The Balaban J connectivity index is 1.66. The fourth-order valence-electron chi connectivity index (χ4n) is 4.98. The maximum atomic E-state index is 13.7. The van der Waals surface area contributed by atoms with Crippen molar-refractivity contribution < 1.29 is 28.2 Å². The van der Waals surface area contributed by atoms with Crippen LogP contribution in [0.5, 0.6) is 5.75 Å². The van der Waals surface area contributed by atoms with Gasteiger partial charge in [-0.15, -0.1) is 0 Å². The van der Waals surface area contributed by atoms with E-state index in [0.29, 0.717) is 18.4 Å². The van der Waals surface area contributed by atoms with Gasteiger partial charge < -0.3 is 19.8 Å². The number of rotatable bonds is 6. The molecule has 2 heterocycles. The van der Waals surface area contributed by atoms with Gasteiger partial charge in [-0.2, -0.15) is 4.31 Å². The Morgan fingerprint density at radius 1 is 1.31 bits per heavy atom. The summed E-state index contributed by atoms with van der Waals surface area (Å²) in [5.74, 6) is 5.68. The van der Waals surface area contributed by atoms with E-state index in [1.165, 1.54) is 10.4 Å². The van der Waals surface area contributed by atoms with Crippen molar-refractivity contribution in [3.8, 4) is 17.6 Å². The van der Waals surface area contributed by atoms with Crippen molar-refractivity contribution >= 4 is 15.9 Å². The normalized spacial score (nSPS) is 22.8. The number of pyridine rings is 1. The lowest BCUT2D eigenvalue weighted by Gasteiger charge is -2.37. The Kier molecular flexibility index (Phi) is 8.96. The van der Waals surface area contributed by atoms with Crippen LogP contribution in [0.2, 0.25) is 0 Å². The largest absolute Gasteiger partial charge is 0.487 e. The molecule has 2 aliphatic rings. The molecule has 1 fully saturated rings. The highest BCUT2D eigenvalue weighted by molar-refractivity contribution is 7.89. The summed E-state index contributed by atoms with van der Waals surface area (Å²) in [5.41, 5.74) is 0.297. The molecule has 0 bridgehead atoms. The molecule has 1 saturated carbocycles. The van der Waals surface area contributed by atoms with Crippen molar-refractivity contribution in [2.45, 2.75) is 68.6 Å². The van der Waals surface area contributed by atoms with E-state index in [0.717, 1.165) is 18.4 Å². The van der Waals surface area contributed by atoms with Gasteiger partial charge in [0.25, 0.3) is 0 Å². The summed E-state index contributed by atoms with van der Waals surface area (Å²) in [6.07, 6.45) is 6.03. The molecule has 0 spiro atoms. The van der Waals surface area contributed by atoms with E-state index in [-0.39, 0.29) is 48.6 Å². The summed E-state index contributed by atoms with van der Waals surface area (Å²) in [5, 5.41) is 20.5. The summed E-state index contributed by atoms with van der Waals surface area (Å²) in [7, 11) is -2.29. The highest BCUT2D eigenvalue weighted by atomic mass is 32.2. The number of aliphatic hydroxyl groups excluding tert-OH is 1. The maximum Gasteiger partial charge on any atom is 0.247 e. The van der Waals surface area contributed by atoms with Crippen molar-refractivity contribution in [2.24, 2.45) is 5.92 Å². The summed E-state index contributed by atoms with van der Waals surface area (Å²) >= 11 is 0. The third-order valence-corrected chi connectivity index (χ3v) is 9.51. The van der Waals surface area contributed by atoms with E-state index >= 15 is 0 Å². The van der Waals surface area contributed by atoms with Crippen molar-refractivity contribution in [3.05, 3.63) is 53.9 Å². The Bertz CT molecular complexity index is 1330. The smallest absolute Gasteiger partial charge is 0.247 e. The maximum absolute atomic E-state index is 13.7. The molecule has 1 aliphatic carbocycles. The average molecular weight is 556 g/mol. The molecule has 3 atom stereocenters. The zero-order valence-corrected chi connectivity index (χ0v) is 23.5. The zero-order chi connectivity index (χ0) is 28.2. The highest BCUT2D eigenvalue weighted by Gasteiger charge is 2.38. The molecule has 0 unspecified atom stereocenters. The SMILES string of the molecule is C[C@@H]1CN([C@H](C)CO)S(=O)(=O)c2ccc(C#CC3(O)CCCC3)cc2O[C@@H]1CN(C)C(=O)Cc1cccnc1. The minimum absolute atomic E-state index is 0.0193. The zero-order valence-electron chi connectivity index (χ0n) is 22.7. The number of hydrogen-bond donors (Lipinski definition) is 2. The molecule has 1 aromatic carbocycles. The molecule has 10 heteroatoms. The lowest BCUT2D eigenvalue weighted by molar-refractivity contribution is -0.130. The van der Waals surface area contributed by atoms with E-state index in [1.807, 2.05) is 13.0 Å². The van der Waals surface area contributed by atoms with Gasteiger partial charge in [0, 0.05) is 43.5 Å². The Morgan fingerprint density at radius 2 is 2.05 bits per heavy atom. The Hall–Kier alpha value is -2.97. The Labute approximate surface area is 230 Å². The molecule has 2 N–H and O–H groups in total. The molecule has 4 rings (SSSR count). The highest BCUT2D eigenvalue weighted by Crippen LogP contribution is 2.34. The minimum Gasteiger partial charge on any atom is -0.487 e. The minimum atomic E-state index is -3.99. The third kappa shape index (κ3) is 6.79. The number of amides is 1. The molecule has 9 nitrogen and oxygen atoms in total. The number of likely N-dealkylation sites (N-methyl/N-ethyl adjacent to an activating group) is 1. The first-order valence-corrected chi connectivity index (χ1v) is 14.8. The number of hydrogen-bond acceptors (Lipinski definition) is 7. The third-order valence-electron chi connectivity index (χ3n) is 7.50. The quantitative estimate of drug-likeness (QED) is 0.525. The summed E-state index contributed by atoms with van der Waals surface area (Å²) in [4.78, 5) is 18.6. The first-order valence-electron chi connectivity index (χ1n) is 13.3. The number of fused-ring (bicyclic) bond motifs is 1. The topological polar surface area (TPSA) is 120 Å². The van der Waals surface area contributed by atoms with Crippen molar-refractivity contribution in [2.75, 3.05) is 26.7 Å². The number of carbonyl (C=O) groups is 1. The van der Waals surface area contributed by atoms with Crippen molar-refractivity contribution in [1.29, 1.82) is 0 Å². The second kappa shape index (κ2) is 12.0. The second-order valence-corrected chi connectivity index (χ2v) is 12.6. The van der Waals surface area contributed by atoms with Crippen LogP contribution in [0, 0.1) is 17.8 Å². The number of carbonyl (C=O) groups excluding carboxylic acids is 1. The first kappa shape index (κ1) is 29.0. The number of aromatic nitrogens is 1. The first-order chi connectivity index (χ1) is 18.5. The van der Waals surface area contributed by atoms with E-state index < -0.39 is 27.8 Å². The van der Waals surface area contributed by atoms with Crippen LogP contribution >= 0.6 is 0 Å². The standard InChI is InChI=1S/C29H37N3O6S/c1-21-18-32(22(2)20-33)39(36,37)27-9-8-23(10-13-29(35)11-4-5-12-29)15-25(27)38-26(21)19-31(3)28(34)16-24-7-6-14-30-17-24/h6-9,14-15,17,21-22,26,33,35H,4-5,11-12,16,18-20H2,1-3H3/t21-,22-,26-/m1/s1. The van der Waals surface area contributed by atoms with Crippen molar-refractivity contribution in [1.82, 2.24) is 14.2 Å². The van der Waals surface area contributed by atoms with E-state index in [9.17, 15) is 23.4 Å². The van der Waals surface area contributed by atoms with Crippen LogP contribution in [0.15, 0.2) is 47.6 Å². The average Bonchev–Trinajstić information content (AvgIpc) is 3.36. The number of nitrogens with zero attached hydrogens (tertiary/aromatic N) is 3. The number of benzene rings is 1. The molecule has 1 amide bonds. The lowest BCUT2D eigenvalue weighted by Crippen LogP contribution is -2.50. The van der Waals surface area contributed by atoms with Crippen LogP contribution in [0.4, 0.5) is 0 Å². The van der Waals surface area contributed by atoms with Crippen molar-refractivity contribution in [3.63, 3.8) is 0 Å². The number of ether oxygens (including phenoxy) is 1. The molecule has 2 aromatic rings. The summed E-state index contributed by atoms with van der Waals surface area (Å²) < 4.78 is 35.0. The predicted molar refractivity (Wildman–Crippen MR) is 146 cm³/mol. The molecule has 0 saturated heterocycles. The fraction of sp³-hybridized carbons (Fsp3) is 0.517. The number of aliphatic hydroxyl groups is 2. The van der Waals surface area contributed by atoms with Crippen LogP contribution in [-0.4, -0.2) is 83.2 Å².